The Morgan fingerprint density at radius 1 is 1.06 bits per heavy atom. The van der Waals surface area contributed by atoms with Crippen molar-refractivity contribution in [1.82, 2.24) is 15.3 Å². The summed E-state index contributed by atoms with van der Waals surface area (Å²) < 4.78 is 0. The normalized spacial score (nSPS) is 11.7. The average Bonchev–Trinajstić information content (AvgIpc) is 2.33. The molecule has 2 rings (SSSR count). The molecule has 2 N–H and O–H groups in total. The van der Waals surface area contributed by atoms with Crippen molar-refractivity contribution in [3.63, 3.8) is 0 Å². The standard InChI is InChI=1S/C14H20N4/c1-14(2,3)18-9-8-15-13-11-6-4-5-7-12(11)16-10-17-13/h4-7,10,18H,8-9H2,1-3H3,(H,15,16,17). The summed E-state index contributed by atoms with van der Waals surface area (Å²) >= 11 is 0. The molecule has 1 aromatic heterocycles. The fraction of sp³-hybridized carbons (Fsp3) is 0.429. The van der Waals surface area contributed by atoms with Crippen molar-refractivity contribution in [1.29, 1.82) is 0 Å². The van der Waals surface area contributed by atoms with Crippen molar-refractivity contribution >= 4 is 16.7 Å². The zero-order valence-corrected chi connectivity index (χ0v) is 11.2. The van der Waals surface area contributed by atoms with E-state index in [1.54, 1.807) is 6.33 Å². The molecule has 2 aromatic rings. The Bertz CT molecular complexity index is 511. The van der Waals surface area contributed by atoms with Crippen LogP contribution in [0, 0.1) is 0 Å². The SMILES string of the molecule is CC(C)(C)NCCNc1ncnc2ccccc12. The lowest BCUT2D eigenvalue weighted by Gasteiger charge is -2.20. The zero-order chi connectivity index (χ0) is 13.0. The highest BCUT2D eigenvalue weighted by Crippen LogP contribution is 2.17. The van der Waals surface area contributed by atoms with E-state index in [1.165, 1.54) is 0 Å². The van der Waals surface area contributed by atoms with Crippen LogP contribution in [0.25, 0.3) is 10.9 Å². The Labute approximate surface area is 108 Å². The second-order valence-electron chi connectivity index (χ2n) is 5.34. The van der Waals surface area contributed by atoms with Crippen molar-refractivity contribution in [2.75, 3.05) is 18.4 Å². The van der Waals surface area contributed by atoms with Gasteiger partial charge in [-0.25, -0.2) is 9.97 Å². The van der Waals surface area contributed by atoms with Gasteiger partial charge in [0, 0.05) is 24.0 Å². The first kappa shape index (κ1) is 12.8. The molecule has 4 nitrogen and oxygen atoms in total. The fourth-order valence-electron chi connectivity index (χ4n) is 1.76. The molecule has 0 atom stereocenters. The van der Waals surface area contributed by atoms with E-state index < -0.39 is 0 Å². The minimum absolute atomic E-state index is 0.148. The molecule has 0 amide bonds. The quantitative estimate of drug-likeness (QED) is 0.811. The van der Waals surface area contributed by atoms with E-state index >= 15 is 0 Å². The lowest BCUT2D eigenvalue weighted by molar-refractivity contribution is 0.435. The molecule has 0 aliphatic heterocycles. The molecule has 0 saturated carbocycles. The molecule has 0 aliphatic rings. The molecule has 0 saturated heterocycles. The number of benzene rings is 1. The van der Waals surface area contributed by atoms with E-state index in [1.807, 2.05) is 24.3 Å². The van der Waals surface area contributed by atoms with Crippen LogP contribution in [0.1, 0.15) is 20.8 Å². The van der Waals surface area contributed by atoms with Gasteiger partial charge in [-0.05, 0) is 32.9 Å². The van der Waals surface area contributed by atoms with Crippen LogP contribution in [0.5, 0.6) is 0 Å². The van der Waals surface area contributed by atoms with Gasteiger partial charge < -0.3 is 10.6 Å². The smallest absolute Gasteiger partial charge is 0.137 e. The van der Waals surface area contributed by atoms with E-state index in [4.69, 9.17) is 0 Å². The van der Waals surface area contributed by atoms with Gasteiger partial charge in [0.2, 0.25) is 0 Å². The molecule has 1 heterocycles. The number of anilines is 1. The van der Waals surface area contributed by atoms with E-state index in [0.29, 0.717) is 0 Å². The van der Waals surface area contributed by atoms with Crippen molar-refractivity contribution in [3.05, 3.63) is 30.6 Å². The van der Waals surface area contributed by atoms with Gasteiger partial charge >= 0.3 is 0 Å². The third kappa shape index (κ3) is 3.40. The first-order chi connectivity index (χ1) is 8.56. The summed E-state index contributed by atoms with van der Waals surface area (Å²) in [5.41, 5.74) is 1.12. The number of hydrogen-bond acceptors (Lipinski definition) is 4. The Kier molecular flexibility index (Phi) is 3.77. The van der Waals surface area contributed by atoms with E-state index in [0.717, 1.165) is 29.8 Å². The molecular formula is C14H20N4. The molecule has 0 spiro atoms. The molecule has 4 heteroatoms. The average molecular weight is 244 g/mol. The summed E-state index contributed by atoms with van der Waals surface area (Å²) in [4.78, 5) is 8.53. The van der Waals surface area contributed by atoms with Crippen LogP contribution in [0.15, 0.2) is 30.6 Å². The Morgan fingerprint density at radius 3 is 2.61 bits per heavy atom. The minimum atomic E-state index is 0.148. The summed E-state index contributed by atoms with van der Waals surface area (Å²) in [6, 6.07) is 8.02. The number of nitrogens with zero attached hydrogens (tertiary/aromatic N) is 2. The summed E-state index contributed by atoms with van der Waals surface area (Å²) in [6.07, 6.45) is 1.60. The molecule has 96 valence electrons. The maximum absolute atomic E-state index is 4.29. The molecule has 0 bridgehead atoms. The van der Waals surface area contributed by atoms with Crippen LogP contribution in [-0.2, 0) is 0 Å². The molecular weight excluding hydrogens is 224 g/mol. The predicted molar refractivity (Wildman–Crippen MR) is 75.8 cm³/mol. The highest BCUT2D eigenvalue weighted by atomic mass is 15.0. The van der Waals surface area contributed by atoms with E-state index in [-0.39, 0.29) is 5.54 Å². The molecule has 0 fully saturated rings. The van der Waals surface area contributed by atoms with Crippen LogP contribution >= 0.6 is 0 Å². The van der Waals surface area contributed by atoms with Crippen molar-refractivity contribution in [2.24, 2.45) is 0 Å². The molecule has 0 aliphatic carbocycles. The van der Waals surface area contributed by atoms with Crippen molar-refractivity contribution in [3.8, 4) is 0 Å². The van der Waals surface area contributed by atoms with Gasteiger partial charge in [0.05, 0.1) is 5.52 Å². The van der Waals surface area contributed by atoms with Gasteiger partial charge in [-0.15, -0.1) is 0 Å². The number of nitrogens with one attached hydrogen (secondary N) is 2. The van der Waals surface area contributed by atoms with Crippen molar-refractivity contribution in [2.45, 2.75) is 26.3 Å². The van der Waals surface area contributed by atoms with E-state index in [2.05, 4.69) is 41.4 Å². The highest BCUT2D eigenvalue weighted by molar-refractivity contribution is 5.88. The Morgan fingerprint density at radius 2 is 1.83 bits per heavy atom. The molecule has 0 unspecified atom stereocenters. The van der Waals surface area contributed by atoms with Crippen LogP contribution in [0.2, 0.25) is 0 Å². The summed E-state index contributed by atoms with van der Waals surface area (Å²) in [5, 5.41) is 7.85. The largest absolute Gasteiger partial charge is 0.368 e. The number of fused-ring (bicyclic) bond motifs is 1. The molecule has 0 radical (unpaired) electrons. The summed E-state index contributed by atoms with van der Waals surface area (Å²) in [6.45, 7) is 8.23. The third-order valence-corrected chi connectivity index (χ3v) is 2.62. The van der Waals surface area contributed by atoms with Crippen LogP contribution in [0.3, 0.4) is 0 Å². The monoisotopic (exact) mass is 244 g/mol. The highest BCUT2D eigenvalue weighted by Gasteiger charge is 2.07. The second kappa shape index (κ2) is 5.31. The molecule has 18 heavy (non-hydrogen) atoms. The van der Waals surface area contributed by atoms with Crippen LogP contribution in [0.4, 0.5) is 5.82 Å². The second-order valence-corrected chi connectivity index (χ2v) is 5.34. The predicted octanol–water partition coefficient (Wildman–Crippen LogP) is 2.43. The summed E-state index contributed by atoms with van der Waals surface area (Å²) in [5.74, 6) is 0.899. The lowest BCUT2D eigenvalue weighted by atomic mass is 10.1. The third-order valence-electron chi connectivity index (χ3n) is 2.62. The van der Waals surface area contributed by atoms with Gasteiger partial charge in [0.25, 0.3) is 0 Å². The zero-order valence-electron chi connectivity index (χ0n) is 11.2. The van der Waals surface area contributed by atoms with Crippen molar-refractivity contribution < 1.29 is 0 Å². The number of aromatic nitrogens is 2. The first-order valence-corrected chi connectivity index (χ1v) is 6.25. The lowest BCUT2D eigenvalue weighted by Crippen LogP contribution is -2.38. The number of rotatable bonds is 4. The van der Waals surface area contributed by atoms with Gasteiger partial charge in [-0.1, -0.05) is 12.1 Å². The maximum atomic E-state index is 4.29. The van der Waals surface area contributed by atoms with Crippen LogP contribution in [-0.4, -0.2) is 28.6 Å². The van der Waals surface area contributed by atoms with Gasteiger partial charge in [-0.3, -0.25) is 0 Å². The first-order valence-electron chi connectivity index (χ1n) is 6.25. The topological polar surface area (TPSA) is 49.8 Å². The number of hydrogen-bond donors (Lipinski definition) is 2. The minimum Gasteiger partial charge on any atom is -0.368 e. The fourth-order valence-corrected chi connectivity index (χ4v) is 1.76. The van der Waals surface area contributed by atoms with Gasteiger partial charge in [0.1, 0.15) is 12.1 Å². The van der Waals surface area contributed by atoms with E-state index in [9.17, 15) is 0 Å². The van der Waals surface area contributed by atoms with Gasteiger partial charge in [-0.2, -0.15) is 0 Å². The Balaban J connectivity index is 2.00. The van der Waals surface area contributed by atoms with Crippen LogP contribution < -0.4 is 10.6 Å². The number of para-hydroxylation sites is 1. The summed E-state index contributed by atoms with van der Waals surface area (Å²) in [7, 11) is 0. The maximum Gasteiger partial charge on any atom is 0.137 e. The van der Waals surface area contributed by atoms with Gasteiger partial charge in [0.15, 0.2) is 0 Å². The molecule has 1 aromatic carbocycles. The Hall–Kier alpha value is -1.68.